The van der Waals surface area contributed by atoms with E-state index in [4.69, 9.17) is 15.2 Å². The first-order valence-electron chi connectivity index (χ1n) is 6.81. The first-order valence-corrected chi connectivity index (χ1v) is 6.81. The molecule has 5 heteroatoms. The molecule has 1 amide bonds. The molecule has 0 aliphatic rings. The van der Waals surface area contributed by atoms with Gasteiger partial charge in [-0.15, -0.1) is 0 Å². The first-order chi connectivity index (χ1) is 9.54. The van der Waals surface area contributed by atoms with Crippen molar-refractivity contribution in [2.45, 2.75) is 25.8 Å². The van der Waals surface area contributed by atoms with Crippen molar-refractivity contribution in [1.82, 2.24) is 5.32 Å². The Labute approximate surface area is 120 Å². The second-order valence-corrected chi connectivity index (χ2v) is 4.78. The van der Waals surface area contributed by atoms with E-state index >= 15 is 0 Å². The van der Waals surface area contributed by atoms with Gasteiger partial charge in [0.2, 0.25) is 5.91 Å². The Balaban J connectivity index is 2.83. The molecule has 0 aliphatic heterocycles. The van der Waals surface area contributed by atoms with Crippen LogP contribution in [0, 0.1) is 0 Å². The normalized spacial score (nSPS) is 13.8. The van der Waals surface area contributed by atoms with E-state index in [1.165, 1.54) is 0 Å². The Morgan fingerprint density at radius 3 is 2.45 bits per heavy atom. The van der Waals surface area contributed by atoms with Crippen molar-refractivity contribution in [3.05, 3.63) is 29.8 Å². The molecule has 0 saturated heterocycles. The lowest BCUT2D eigenvalue weighted by atomic mass is 9.91. The van der Waals surface area contributed by atoms with Gasteiger partial charge in [0.15, 0.2) is 0 Å². The number of carbonyl (C=O) groups is 1. The van der Waals surface area contributed by atoms with E-state index < -0.39 is 11.4 Å². The van der Waals surface area contributed by atoms with Crippen LogP contribution in [-0.4, -0.2) is 32.8 Å². The largest absolute Gasteiger partial charge is 0.494 e. The number of methoxy groups -OCH3 is 1. The molecule has 0 bridgehead atoms. The molecule has 0 saturated carbocycles. The summed E-state index contributed by atoms with van der Waals surface area (Å²) in [6.07, 6.45) is 0.958. The molecule has 1 rings (SSSR count). The number of benzene rings is 1. The van der Waals surface area contributed by atoms with Crippen LogP contribution in [0.25, 0.3) is 0 Å². The van der Waals surface area contributed by atoms with Gasteiger partial charge in [0.05, 0.1) is 13.2 Å². The predicted octanol–water partition coefficient (Wildman–Crippen LogP) is 1.41. The Morgan fingerprint density at radius 1 is 1.30 bits per heavy atom. The zero-order valence-corrected chi connectivity index (χ0v) is 12.4. The van der Waals surface area contributed by atoms with E-state index in [-0.39, 0.29) is 0 Å². The van der Waals surface area contributed by atoms with Crippen LogP contribution in [0.4, 0.5) is 0 Å². The second kappa shape index (κ2) is 7.87. The summed E-state index contributed by atoms with van der Waals surface area (Å²) in [5, 5.41) is 3.14. The number of ether oxygens (including phenoxy) is 2. The van der Waals surface area contributed by atoms with Gasteiger partial charge >= 0.3 is 0 Å². The molecular formula is C15H24N2O3. The third-order valence-corrected chi connectivity index (χ3v) is 3.18. The summed E-state index contributed by atoms with van der Waals surface area (Å²) in [5.41, 5.74) is 5.43. The van der Waals surface area contributed by atoms with Crippen molar-refractivity contribution < 1.29 is 14.3 Å². The van der Waals surface area contributed by atoms with Crippen molar-refractivity contribution in [1.29, 1.82) is 0 Å². The van der Waals surface area contributed by atoms with Gasteiger partial charge in [0, 0.05) is 13.7 Å². The summed E-state index contributed by atoms with van der Waals surface area (Å²) >= 11 is 0. The van der Waals surface area contributed by atoms with Gasteiger partial charge in [-0.25, -0.2) is 0 Å². The number of hydrogen-bond acceptors (Lipinski definition) is 4. The second-order valence-electron chi connectivity index (χ2n) is 4.78. The number of nitrogens with two attached hydrogens (primary N) is 1. The zero-order valence-electron chi connectivity index (χ0n) is 12.4. The SMILES string of the molecule is CCCOc1ccc(C(C)(NCCOC)C(N)=O)cc1. The van der Waals surface area contributed by atoms with E-state index in [0.717, 1.165) is 17.7 Å². The highest BCUT2D eigenvalue weighted by Crippen LogP contribution is 2.23. The van der Waals surface area contributed by atoms with Gasteiger partial charge in [-0.1, -0.05) is 19.1 Å². The molecule has 3 N–H and O–H groups in total. The smallest absolute Gasteiger partial charge is 0.242 e. The maximum absolute atomic E-state index is 11.8. The summed E-state index contributed by atoms with van der Waals surface area (Å²) in [6, 6.07) is 7.42. The fourth-order valence-electron chi connectivity index (χ4n) is 1.84. The van der Waals surface area contributed by atoms with Crippen LogP contribution in [0.1, 0.15) is 25.8 Å². The molecule has 5 nitrogen and oxygen atoms in total. The summed E-state index contributed by atoms with van der Waals surface area (Å²) in [4.78, 5) is 11.8. The highest BCUT2D eigenvalue weighted by Gasteiger charge is 2.32. The Hall–Kier alpha value is -1.59. The first kappa shape index (κ1) is 16.5. The minimum absolute atomic E-state index is 0.421. The number of primary amides is 1. The molecular weight excluding hydrogens is 256 g/mol. The van der Waals surface area contributed by atoms with Crippen LogP contribution in [0.3, 0.4) is 0 Å². The average Bonchev–Trinajstić information content (AvgIpc) is 2.45. The van der Waals surface area contributed by atoms with Gasteiger partial charge < -0.3 is 15.2 Å². The molecule has 0 aliphatic carbocycles. The fraction of sp³-hybridized carbons (Fsp3) is 0.533. The average molecular weight is 280 g/mol. The maximum Gasteiger partial charge on any atom is 0.242 e. The molecule has 0 aromatic heterocycles. The van der Waals surface area contributed by atoms with Crippen LogP contribution in [-0.2, 0) is 15.1 Å². The molecule has 1 atom stereocenters. The van der Waals surface area contributed by atoms with E-state index in [1.54, 1.807) is 14.0 Å². The lowest BCUT2D eigenvalue weighted by molar-refractivity contribution is -0.124. The monoisotopic (exact) mass is 280 g/mol. The molecule has 112 valence electrons. The Bertz CT molecular complexity index is 420. The number of carbonyl (C=O) groups excluding carboxylic acids is 1. The fourth-order valence-corrected chi connectivity index (χ4v) is 1.84. The Morgan fingerprint density at radius 2 is 1.95 bits per heavy atom. The summed E-state index contributed by atoms with van der Waals surface area (Å²) in [6.45, 7) is 5.56. The minimum Gasteiger partial charge on any atom is -0.494 e. The number of nitrogens with one attached hydrogen (secondary N) is 1. The number of rotatable bonds is 9. The van der Waals surface area contributed by atoms with Crippen molar-refractivity contribution in [2.24, 2.45) is 5.73 Å². The summed E-state index contributed by atoms with van der Waals surface area (Å²) in [7, 11) is 1.61. The maximum atomic E-state index is 11.8. The lowest BCUT2D eigenvalue weighted by Gasteiger charge is -2.28. The molecule has 1 aromatic carbocycles. The predicted molar refractivity (Wildman–Crippen MR) is 78.7 cm³/mol. The standard InChI is InChI=1S/C15H24N2O3/c1-4-10-20-13-7-5-12(6-8-13)15(2,14(16)18)17-9-11-19-3/h5-8,17H,4,9-11H2,1-3H3,(H2,16,18). The molecule has 0 spiro atoms. The van der Waals surface area contributed by atoms with E-state index in [0.29, 0.717) is 19.8 Å². The molecule has 0 radical (unpaired) electrons. The Kier molecular flexibility index (Phi) is 6.48. The van der Waals surface area contributed by atoms with Gasteiger partial charge in [0.25, 0.3) is 0 Å². The molecule has 0 heterocycles. The highest BCUT2D eigenvalue weighted by molar-refractivity contribution is 5.85. The zero-order chi connectivity index (χ0) is 15.0. The molecule has 1 aromatic rings. The third-order valence-electron chi connectivity index (χ3n) is 3.18. The minimum atomic E-state index is -0.915. The van der Waals surface area contributed by atoms with Crippen molar-refractivity contribution in [2.75, 3.05) is 26.9 Å². The van der Waals surface area contributed by atoms with Crippen LogP contribution in [0.15, 0.2) is 24.3 Å². The summed E-state index contributed by atoms with van der Waals surface area (Å²) in [5.74, 6) is 0.371. The van der Waals surface area contributed by atoms with Gasteiger partial charge in [-0.2, -0.15) is 0 Å². The van der Waals surface area contributed by atoms with Crippen molar-refractivity contribution in [3.63, 3.8) is 0 Å². The van der Waals surface area contributed by atoms with Crippen molar-refractivity contribution in [3.8, 4) is 5.75 Å². The van der Waals surface area contributed by atoms with E-state index in [1.807, 2.05) is 24.3 Å². The lowest BCUT2D eigenvalue weighted by Crippen LogP contribution is -2.51. The van der Waals surface area contributed by atoms with Crippen LogP contribution in [0.5, 0.6) is 5.75 Å². The van der Waals surface area contributed by atoms with Gasteiger partial charge in [0.1, 0.15) is 11.3 Å². The van der Waals surface area contributed by atoms with Crippen molar-refractivity contribution >= 4 is 5.91 Å². The van der Waals surface area contributed by atoms with Crippen LogP contribution < -0.4 is 15.8 Å². The highest BCUT2D eigenvalue weighted by atomic mass is 16.5. The summed E-state index contributed by atoms with van der Waals surface area (Å²) < 4.78 is 10.5. The quantitative estimate of drug-likeness (QED) is 0.671. The van der Waals surface area contributed by atoms with Crippen LogP contribution in [0.2, 0.25) is 0 Å². The molecule has 0 fully saturated rings. The van der Waals surface area contributed by atoms with E-state index in [2.05, 4.69) is 12.2 Å². The van der Waals surface area contributed by atoms with E-state index in [9.17, 15) is 4.79 Å². The molecule has 20 heavy (non-hydrogen) atoms. The van der Waals surface area contributed by atoms with Gasteiger partial charge in [-0.05, 0) is 31.0 Å². The topological polar surface area (TPSA) is 73.6 Å². The van der Waals surface area contributed by atoms with Gasteiger partial charge in [-0.3, -0.25) is 10.1 Å². The van der Waals surface area contributed by atoms with Crippen LogP contribution >= 0.6 is 0 Å². The number of hydrogen-bond donors (Lipinski definition) is 2. The number of amides is 1. The molecule has 1 unspecified atom stereocenters. The third kappa shape index (κ3) is 4.21.